The van der Waals surface area contributed by atoms with Gasteiger partial charge in [0.05, 0.1) is 19.1 Å². The number of hydrogen-bond acceptors (Lipinski definition) is 8. The number of H-pyrrole nitrogens is 1. The summed E-state index contributed by atoms with van der Waals surface area (Å²) in [7, 11) is 0. The molecule has 4 amide bonds. The van der Waals surface area contributed by atoms with Crippen molar-refractivity contribution in [3.63, 3.8) is 0 Å². The van der Waals surface area contributed by atoms with Gasteiger partial charge in [-0.2, -0.15) is 0 Å². The van der Waals surface area contributed by atoms with Gasteiger partial charge in [-0.15, -0.1) is 0 Å². The number of hydrogen-bond donors (Lipinski definition) is 9. The molecule has 3 aromatic rings. The number of carboxylic acids is 1. The quantitative estimate of drug-likeness (QED) is 0.108. The van der Waals surface area contributed by atoms with Crippen LogP contribution in [-0.2, 0) is 36.8 Å². The van der Waals surface area contributed by atoms with Crippen molar-refractivity contribution in [3.05, 3.63) is 65.9 Å². The minimum Gasteiger partial charge on any atom is -0.508 e. The fraction of sp³-hybridized carbons (Fsp3) is 0.296. The van der Waals surface area contributed by atoms with Crippen LogP contribution in [-0.4, -0.2) is 80.7 Å². The van der Waals surface area contributed by atoms with Gasteiger partial charge in [-0.3, -0.25) is 19.2 Å². The summed E-state index contributed by atoms with van der Waals surface area (Å²) in [5.41, 5.74) is 12.6. The Morgan fingerprint density at radius 2 is 1.44 bits per heavy atom. The molecule has 3 rings (SSSR count). The highest BCUT2D eigenvalue weighted by molar-refractivity contribution is 5.95. The third-order valence-corrected chi connectivity index (χ3v) is 6.30. The molecule has 0 aliphatic carbocycles. The van der Waals surface area contributed by atoms with Crippen molar-refractivity contribution in [2.75, 3.05) is 6.61 Å². The predicted octanol–water partition coefficient (Wildman–Crippen LogP) is -1.61. The number of aromatic nitrogens is 1. The van der Waals surface area contributed by atoms with Gasteiger partial charge in [-0.1, -0.05) is 30.3 Å². The van der Waals surface area contributed by atoms with Crippen LogP contribution >= 0.6 is 0 Å². The van der Waals surface area contributed by atoms with Crippen molar-refractivity contribution in [1.29, 1.82) is 0 Å². The number of aromatic amines is 1. The summed E-state index contributed by atoms with van der Waals surface area (Å²) in [6.45, 7) is -0.860. The Morgan fingerprint density at radius 1 is 0.829 bits per heavy atom. The van der Waals surface area contributed by atoms with Crippen LogP contribution in [0.4, 0.5) is 0 Å². The lowest BCUT2D eigenvalue weighted by atomic mass is 10.0. The number of aromatic hydroxyl groups is 1. The van der Waals surface area contributed by atoms with Crippen molar-refractivity contribution in [2.45, 2.75) is 43.4 Å². The molecule has 1 heterocycles. The summed E-state index contributed by atoms with van der Waals surface area (Å²) in [5.74, 6) is -4.87. The molecule has 0 aliphatic rings. The Bertz CT molecular complexity index is 1410. The first kappa shape index (κ1) is 30.6. The maximum Gasteiger partial charge on any atom is 0.326 e. The average molecular weight is 569 g/mol. The van der Waals surface area contributed by atoms with Crippen LogP contribution in [0.3, 0.4) is 0 Å². The molecule has 0 radical (unpaired) electrons. The summed E-state index contributed by atoms with van der Waals surface area (Å²) in [5, 5.41) is 36.9. The number of rotatable bonds is 14. The molecule has 0 aliphatic heterocycles. The topological polar surface area (TPSA) is 250 Å². The number of para-hydroxylation sites is 1. The normalized spacial score (nSPS) is 13.9. The maximum absolute atomic E-state index is 13.4. The molecule has 14 nitrogen and oxygen atoms in total. The summed E-state index contributed by atoms with van der Waals surface area (Å²) in [6.07, 6.45) is 0.980. The van der Waals surface area contributed by atoms with E-state index in [1.807, 2.05) is 12.1 Å². The largest absolute Gasteiger partial charge is 0.508 e. The smallest absolute Gasteiger partial charge is 0.326 e. The summed E-state index contributed by atoms with van der Waals surface area (Å²) in [4.78, 5) is 64.9. The third kappa shape index (κ3) is 8.52. The maximum atomic E-state index is 13.4. The van der Waals surface area contributed by atoms with Crippen molar-refractivity contribution in [1.82, 2.24) is 20.9 Å². The zero-order chi connectivity index (χ0) is 30.1. The highest BCUT2D eigenvalue weighted by Crippen LogP contribution is 2.19. The Balaban J connectivity index is 1.82. The van der Waals surface area contributed by atoms with E-state index in [0.717, 1.165) is 10.9 Å². The minimum absolute atomic E-state index is 0.00715. The van der Waals surface area contributed by atoms with Gasteiger partial charge in [0.25, 0.3) is 0 Å². The summed E-state index contributed by atoms with van der Waals surface area (Å²) >= 11 is 0. The molecule has 0 saturated heterocycles. The number of aliphatic hydroxyl groups is 1. The van der Waals surface area contributed by atoms with Crippen molar-refractivity contribution in [3.8, 4) is 5.75 Å². The van der Waals surface area contributed by atoms with Gasteiger partial charge in [0, 0.05) is 29.9 Å². The molecule has 0 saturated carbocycles. The third-order valence-electron chi connectivity index (χ3n) is 6.30. The van der Waals surface area contributed by atoms with Crippen LogP contribution in [0.5, 0.6) is 5.75 Å². The Morgan fingerprint density at radius 3 is 2.07 bits per heavy atom. The number of nitrogens with two attached hydrogens (primary N) is 2. The molecule has 0 bridgehead atoms. The minimum atomic E-state index is -1.54. The number of carboxylic acid groups (broad SMARTS) is 1. The standard InChI is InChI=1S/C27H32N6O8/c28-18(11-23(29)36)24(37)33-22(13-34)26(39)31-20(10-15-12-30-19-4-2-1-3-17(15)19)25(38)32-21(27(40)41)9-14-5-7-16(35)8-6-14/h1-8,12,18,20-22,30,34-35H,9-11,13,28H2,(H2,29,36)(H,31,39)(H,32,38)(H,33,37)(H,40,41). The second-order valence-electron chi connectivity index (χ2n) is 9.42. The first-order valence-corrected chi connectivity index (χ1v) is 12.6. The molecule has 4 atom stereocenters. The molecule has 11 N–H and O–H groups in total. The SMILES string of the molecule is NC(=O)CC(N)C(=O)NC(CO)C(=O)NC(Cc1c[nH]c2ccccc12)C(=O)NC(Cc1ccc(O)cc1)C(=O)O. The Hall–Kier alpha value is -4.95. The van der Waals surface area contributed by atoms with Crippen molar-refractivity contribution in [2.24, 2.45) is 11.5 Å². The second kappa shape index (κ2) is 13.9. The number of amides is 4. The number of aliphatic carboxylic acids is 1. The van der Waals surface area contributed by atoms with Gasteiger partial charge >= 0.3 is 5.97 Å². The van der Waals surface area contributed by atoms with E-state index in [4.69, 9.17) is 11.5 Å². The van der Waals surface area contributed by atoms with E-state index in [2.05, 4.69) is 20.9 Å². The predicted molar refractivity (Wildman–Crippen MR) is 146 cm³/mol. The fourth-order valence-corrected chi connectivity index (χ4v) is 4.12. The van der Waals surface area contributed by atoms with Crippen LogP contribution in [0.15, 0.2) is 54.7 Å². The molecule has 2 aromatic carbocycles. The highest BCUT2D eigenvalue weighted by Gasteiger charge is 2.31. The second-order valence-corrected chi connectivity index (χ2v) is 9.42. The Labute approximate surface area is 234 Å². The number of phenolic OH excluding ortho intramolecular Hbond substituents is 1. The van der Waals surface area contributed by atoms with Crippen molar-refractivity contribution < 1.29 is 39.3 Å². The molecule has 14 heteroatoms. The molecular formula is C27H32N6O8. The molecule has 218 valence electrons. The van der Waals surface area contributed by atoms with Crippen LogP contribution < -0.4 is 27.4 Å². The molecule has 4 unspecified atom stereocenters. The van der Waals surface area contributed by atoms with Crippen molar-refractivity contribution >= 4 is 40.5 Å². The number of nitrogens with one attached hydrogen (secondary N) is 4. The first-order chi connectivity index (χ1) is 19.5. The van der Waals surface area contributed by atoms with E-state index in [9.17, 15) is 39.3 Å². The number of carbonyl (C=O) groups excluding carboxylic acids is 4. The van der Waals surface area contributed by atoms with Crippen LogP contribution in [0.1, 0.15) is 17.5 Å². The number of aliphatic hydroxyl groups excluding tert-OH is 1. The number of fused-ring (bicyclic) bond motifs is 1. The van der Waals surface area contributed by atoms with Gasteiger partial charge in [0.2, 0.25) is 23.6 Å². The number of phenols is 1. The zero-order valence-electron chi connectivity index (χ0n) is 21.9. The lowest BCUT2D eigenvalue weighted by molar-refractivity contribution is -0.142. The number of carbonyl (C=O) groups is 5. The molecule has 1 aromatic heterocycles. The highest BCUT2D eigenvalue weighted by atomic mass is 16.4. The monoisotopic (exact) mass is 568 g/mol. The lowest BCUT2D eigenvalue weighted by Crippen LogP contribution is -2.58. The molecule has 41 heavy (non-hydrogen) atoms. The van der Waals surface area contributed by atoms with Gasteiger partial charge in [0.1, 0.15) is 23.9 Å². The van der Waals surface area contributed by atoms with Crippen LogP contribution in [0, 0.1) is 0 Å². The van der Waals surface area contributed by atoms with Crippen LogP contribution in [0.2, 0.25) is 0 Å². The van der Waals surface area contributed by atoms with Crippen LogP contribution in [0.25, 0.3) is 10.9 Å². The summed E-state index contributed by atoms with van der Waals surface area (Å²) < 4.78 is 0. The van der Waals surface area contributed by atoms with Gasteiger partial charge in [-0.05, 0) is 29.3 Å². The van der Waals surface area contributed by atoms with E-state index < -0.39 is 66.8 Å². The van der Waals surface area contributed by atoms with E-state index in [-0.39, 0.29) is 18.6 Å². The lowest BCUT2D eigenvalue weighted by Gasteiger charge is -2.24. The van der Waals surface area contributed by atoms with E-state index in [1.54, 1.807) is 18.3 Å². The molecular weight excluding hydrogens is 536 g/mol. The number of primary amides is 1. The van der Waals surface area contributed by atoms with E-state index >= 15 is 0 Å². The van der Waals surface area contributed by atoms with Gasteiger partial charge < -0.3 is 47.7 Å². The summed E-state index contributed by atoms with van der Waals surface area (Å²) in [6, 6.07) is 7.41. The average Bonchev–Trinajstić information content (AvgIpc) is 3.34. The van der Waals surface area contributed by atoms with E-state index in [1.165, 1.54) is 24.3 Å². The molecule has 0 fully saturated rings. The van der Waals surface area contributed by atoms with Gasteiger partial charge in [-0.25, -0.2) is 4.79 Å². The Kier molecular flexibility index (Phi) is 10.4. The fourth-order valence-electron chi connectivity index (χ4n) is 4.12. The van der Waals surface area contributed by atoms with E-state index in [0.29, 0.717) is 11.1 Å². The molecule has 0 spiro atoms. The first-order valence-electron chi connectivity index (χ1n) is 12.6. The van der Waals surface area contributed by atoms with Gasteiger partial charge in [0.15, 0.2) is 0 Å². The zero-order valence-corrected chi connectivity index (χ0v) is 21.9. The number of benzene rings is 2.